The minimum atomic E-state index is -0.460. The van der Waals surface area contributed by atoms with Crippen molar-refractivity contribution in [3.05, 3.63) is 22.5 Å². The molecule has 0 unspecified atom stereocenters. The van der Waals surface area contributed by atoms with Crippen molar-refractivity contribution >= 4 is 11.7 Å². The Morgan fingerprint density at radius 3 is 2.94 bits per heavy atom. The Balaban J connectivity index is 1.81. The molecule has 0 amide bonds. The third-order valence-electron chi connectivity index (χ3n) is 3.14. The molecule has 0 N–H and O–H groups in total. The van der Waals surface area contributed by atoms with Gasteiger partial charge in [-0.3, -0.25) is 19.6 Å². The molecule has 1 fully saturated rings. The zero-order valence-electron chi connectivity index (χ0n) is 10.1. The molecule has 1 heterocycles. The molecule has 0 saturated heterocycles. The van der Waals surface area contributed by atoms with Gasteiger partial charge in [0.1, 0.15) is 12.4 Å². The maximum atomic E-state index is 11.2. The van der Waals surface area contributed by atoms with Crippen LogP contribution in [0.1, 0.15) is 32.2 Å². The summed E-state index contributed by atoms with van der Waals surface area (Å²) in [6.07, 6.45) is 4.74. The van der Waals surface area contributed by atoms with Gasteiger partial charge < -0.3 is 4.74 Å². The van der Waals surface area contributed by atoms with Crippen LogP contribution in [0, 0.1) is 16.0 Å². The summed E-state index contributed by atoms with van der Waals surface area (Å²) in [5.74, 6) is 0.129. The molecule has 0 radical (unpaired) electrons. The van der Waals surface area contributed by atoms with Crippen LogP contribution >= 0.6 is 0 Å². The first-order valence-electron chi connectivity index (χ1n) is 5.94. The summed E-state index contributed by atoms with van der Waals surface area (Å²) in [4.78, 5) is 21.3. The second kappa shape index (κ2) is 5.16. The first kappa shape index (κ1) is 12.5. The van der Waals surface area contributed by atoms with Gasteiger partial charge in [-0.2, -0.15) is 5.10 Å². The zero-order valence-corrected chi connectivity index (χ0v) is 10.1. The predicted molar refractivity (Wildman–Crippen MR) is 61.9 cm³/mol. The number of nitrogens with zero attached hydrogens (tertiary/aromatic N) is 3. The van der Waals surface area contributed by atoms with E-state index < -0.39 is 4.92 Å². The molecule has 2 rings (SSSR count). The van der Waals surface area contributed by atoms with Crippen LogP contribution < -0.4 is 0 Å². The molecule has 1 aromatic rings. The van der Waals surface area contributed by atoms with E-state index in [4.69, 9.17) is 4.74 Å². The molecule has 7 heteroatoms. The number of esters is 1. The quantitative estimate of drug-likeness (QED) is 0.452. The van der Waals surface area contributed by atoms with Gasteiger partial charge in [0.2, 0.25) is 0 Å². The van der Waals surface area contributed by atoms with E-state index in [1.807, 2.05) is 0 Å². The first-order chi connectivity index (χ1) is 8.60. The maximum Gasteiger partial charge on any atom is 0.307 e. The van der Waals surface area contributed by atoms with E-state index >= 15 is 0 Å². The second-order valence-electron chi connectivity index (χ2n) is 4.44. The summed E-state index contributed by atoms with van der Waals surface area (Å²) in [6.45, 7) is 2.19. The van der Waals surface area contributed by atoms with E-state index in [0.29, 0.717) is 18.9 Å². The largest absolute Gasteiger partial charge is 0.466 e. The molecule has 1 aliphatic rings. The van der Waals surface area contributed by atoms with Gasteiger partial charge in [-0.15, -0.1) is 0 Å². The molecule has 7 nitrogen and oxygen atoms in total. The number of rotatable bonds is 5. The highest BCUT2D eigenvalue weighted by molar-refractivity contribution is 5.69. The van der Waals surface area contributed by atoms with Gasteiger partial charge in [0.05, 0.1) is 17.6 Å². The van der Waals surface area contributed by atoms with Crippen molar-refractivity contribution < 1.29 is 14.5 Å². The van der Waals surface area contributed by atoms with Gasteiger partial charge in [0.15, 0.2) is 0 Å². The number of carbonyl (C=O) groups excluding carboxylic acids is 1. The van der Waals surface area contributed by atoms with E-state index in [9.17, 15) is 14.9 Å². The van der Waals surface area contributed by atoms with Crippen LogP contribution in [-0.4, -0.2) is 27.3 Å². The normalized spacial score (nSPS) is 22.3. The number of hydrogen-bond acceptors (Lipinski definition) is 5. The second-order valence-corrected chi connectivity index (χ2v) is 4.44. The molecule has 0 atom stereocenters. The predicted octanol–water partition coefficient (Wildman–Crippen LogP) is 1.70. The Labute approximate surface area is 104 Å². The highest BCUT2D eigenvalue weighted by Gasteiger charge is 2.33. The average molecular weight is 253 g/mol. The van der Waals surface area contributed by atoms with Crippen LogP contribution in [0.4, 0.5) is 5.69 Å². The average Bonchev–Trinajstić information content (AvgIpc) is 2.72. The molecular weight excluding hydrogens is 238 g/mol. The van der Waals surface area contributed by atoms with E-state index in [1.165, 1.54) is 12.4 Å². The topological polar surface area (TPSA) is 87.3 Å². The van der Waals surface area contributed by atoms with Gasteiger partial charge in [-0.25, -0.2) is 0 Å². The monoisotopic (exact) mass is 253 g/mol. The lowest BCUT2D eigenvalue weighted by Crippen LogP contribution is -2.29. The van der Waals surface area contributed by atoms with Crippen LogP contribution in [-0.2, 0) is 9.53 Å². The number of carbonyl (C=O) groups is 1. The van der Waals surface area contributed by atoms with Crippen LogP contribution in [0.25, 0.3) is 0 Å². The Bertz CT molecular complexity index is 451. The number of nitro groups is 1. The van der Waals surface area contributed by atoms with E-state index in [1.54, 1.807) is 11.6 Å². The van der Waals surface area contributed by atoms with Crippen molar-refractivity contribution in [2.24, 2.45) is 5.92 Å². The lowest BCUT2D eigenvalue weighted by molar-refractivity contribution is -0.385. The lowest BCUT2D eigenvalue weighted by Gasteiger charge is -2.34. The molecule has 0 aromatic carbocycles. The van der Waals surface area contributed by atoms with Gasteiger partial charge in [-0.1, -0.05) is 0 Å². The molecule has 0 spiro atoms. The van der Waals surface area contributed by atoms with E-state index in [-0.39, 0.29) is 17.7 Å². The molecular formula is C11H15N3O4. The minimum Gasteiger partial charge on any atom is -0.466 e. The summed E-state index contributed by atoms with van der Waals surface area (Å²) < 4.78 is 6.48. The smallest absolute Gasteiger partial charge is 0.307 e. The van der Waals surface area contributed by atoms with Crippen molar-refractivity contribution in [2.45, 2.75) is 32.2 Å². The summed E-state index contributed by atoms with van der Waals surface area (Å²) in [7, 11) is 0. The van der Waals surface area contributed by atoms with Gasteiger partial charge in [0.25, 0.3) is 0 Å². The Hall–Kier alpha value is -1.92. The van der Waals surface area contributed by atoms with E-state index in [2.05, 4.69) is 5.10 Å². The standard InChI is InChI=1S/C11H15N3O4/c1-2-18-11(15)5-8-3-9(4-8)13-7-10(6-12-13)14(16)17/h6-9H,2-5H2,1H3/t8-,9-. The van der Waals surface area contributed by atoms with E-state index in [0.717, 1.165) is 12.8 Å². The fourth-order valence-corrected chi connectivity index (χ4v) is 2.16. The molecule has 98 valence electrons. The van der Waals surface area contributed by atoms with Crippen molar-refractivity contribution in [2.75, 3.05) is 6.61 Å². The molecule has 18 heavy (non-hydrogen) atoms. The van der Waals surface area contributed by atoms with Crippen molar-refractivity contribution in [1.82, 2.24) is 9.78 Å². The Morgan fingerprint density at radius 1 is 1.67 bits per heavy atom. The summed E-state index contributed by atoms with van der Waals surface area (Å²) in [5, 5.41) is 14.5. The van der Waals surface area contributed by atoms with Crippen LogP contribution in [0.15, 0.2) is 12.4 Å². The molecule has 0 aliphatic heterocycles. The SMILES string of the molecule is CCOC(=O)C[C@H]1C[C@H](n2cc([N+](=O)[O-])cn2)C1. The highest BCUT2D eigenvalue weighted by atomic mass is 16.6. The minimum absolute atomic E-state index is 0.00356. The van der Waals surface area contributed by atoms with Crippen molar-refractivity contribution in [3.8, 4) is 0 Å². The maximum absolute atomic E-state index is 11.2. The fraction of sp³-hybridized carbons (Fsp3) is 0.636. The van der Waals surface area contributed by atoms with Gasteiger partial charge >= 0.3 is 11.7 Å². The van der Waals surface area contributed by atoms with Gasteiger partial charge in [0, 0.05) is 6.42 Å². The molecule has 1 aromatic heterocycles. The number of aromatic nitrogens is 2. The van der Waals surface area contributed by atoms with Crippen LogP contribution in [0.3, 0.4) is 0 Å². The lowest BCUT2D eigenvalue weighted by atomic mass is 9.78. The summed E-state index contributed by atoms with van der Waals surface area (Å²) >= 11 is 0. The third kappa shape index (κ3) is 2.66. The number of ether oxygens (including phenoxy) is 1. The highest BCUT2D eigenvalue weighted by Crippen LogP contribution is 2.39. The Morgan fingerprint density at radius 2 is 2.39 bits per heavy atom. The number of hydrogen-bond donors (Lipinski definition) is 0. The Kier molecular flexibility index (Phi) is 3.59. The third-order valence-corrected chi connectivity index (χ3v) is 3.14. The van der Waals surface area contributed by atoms with Gasteiger partial charge in [-0.05, 0) is 25.7 Å². The molecule has 0 bridgehead atoms. The zero-order chi connectivity index (χ0) is 13.1. The summed E-state index contributed by atoms with van der Waals surface area (Å²) in [6, 6.07) is 0.165. The van der Waals surface area contributed by atoms with Crippen molar-refractivity contribution in [3.63, 3.8) is 0 Å². The summed E-state index contributed by atoms with van der Waals surface area (Å²) in [5.41, 5.74) is 0.00356. The molecule has 1 aliphatic carbocycles. The first-order valence-corrected chi connectivity index (χ1v) is 5.94. The fourth-order valence-electron chi connectivity index (χ4n) is 2.16. The van der Waals surface area contributed by atoms with Crippen molar-refractivity contribution in [1.29, 1.82) is 0 Å². The molecule has 1 saturated carbocycles. The van der Waals surface area contributed by atoms with Crippen LogP contribution in [0.5, 0.6) is 0 Å². The van der Waals surface area contributed by atoms with Crippen LogP contribution in [0.2, 0.25) is 0 Å².